The minimum Gasteiger partial charge on any atom is -0.480 e. The predicted octanol–water partition coefficient (Wildman–Crippen LogP) is 2.62. The zero-order valence-electron chi connectivity index (χ0n) is 12.8. The standard InChI is InChI=1S/C14H26N2O3S/c1-9(2)6-5-7-15-14(19)16-11(13(17)18)8-20-12(16)10(3)4/h9-12H,5-8H2,1-4H3,(H,15,19)(H,17,18). The van der Waals surface area contributed by atoms with Crippen LogP contribution in [0.2, 0.25) is 0 Å². The highest BCUT2D eigenvalue weighted by Gasteiger charge is 2.42. The third-order valence-corrected chi connectivity index (χ3v) is 4.98. The van der Waals surface area contributed by atoms with Crippen molar-refractivity contribution in [3.8, 4) is 0 Å². The van der Waals surface area contributed by atoms with E-state index in [1.165, 1.54) is 4.90 Å². The maximum Gasteiger partial charge on any atom is 0.327 e. The molecule has 0 aromatic carbocycles. The summed E-state index contributed by atoms with van der Waals surface area (Å²) < 4.78 is 0. The topological polar surface area (TPSA) is 69.6 Å². The molecule has 0 bridgehead atoms. The number of nitrogens with one attached hydrogen (secondary N) is 1. The third-order valence-electron chi connectivity index (χ3n) is 3.36. The molecule has 2 unspecified atom stereocenters. The van der Waals surface area contributed by atoms with E-state index in [-0.39, 0.29) is 17.3 Å². The van der Waals surface area contributed by atoms with Gasteiger partial charge in [0, 0.05) is 12.3 Å². The summed E-state index contributed by atoms with van der Waals surface area (Å²) in [7, 11) is 0. The molecule has 1 aliphatic heterocycles. The molecule has 1 heterocycles. The van der Waals surface area contributed by atoms with Crippen molar-refractivity contribution < 1.29 is 14.7 Å². The van der Waals surface area contributed by atoms with Gasteiger partial charge in [0.2, 0.25) is 0 Å². The molecule has 0 spiro atoms. The van der Waals surface area contributed by atoms with Crippen LogP contribution in [0.25, 0.3) is 0 Å². The summed E-state index contributed by atoms with van der Waals surface area (Å²) in [5.41, 5.74) is 0. The molecule has 1 fully saturated rings. The maximum absolute atomic E-state index is 12.3. The molecule has 0 saturated carbocycles. The Morgan fingerprint density at radius 1 is 1.35 bits per heavy atom. The predicted molar refractivity (Wildman–Crippen MR) is 81.8 cm³/mol. The van der Waals surface area contributed by atoms with Gasteiger partial charge < -0.3 is 10.4 Å². The van der Waals surface area contributed by atoms with Crippen LogP contribution in [0.1, 0.15) is 40.5 Å². The van der Waals surface area contributed by atoms with Crippen molar-refractivity contribution in [2.45, 2.75) is 52.0 Å². The largest absolute Gasteiger partial charge is 0.480 e. The van der Waals surface area contributed by atoms with E-state index < -0.39 is 12.0 Å². The van der Waals surface area contributed by atoms with Crippen molar-refractivity contribution >= 4 is 23.8 Å². The highest BCUT2D eigenvalue weighted by molar-refractivity contribution is 8.00. The Bertz CT molecular complexity index is 347. The Morgan fingerprint density at radius 2 is 2.00 bits per heavy atom. The monoisotopic (exact) mass is 302 g/mol. The van der Waals surface area contributed by atoms with Crippen LogP contribution in [0.4, 0.5) is 4.79 Å². The Balaban J connectivity index is 2.58. The lowest BCUT2D eigenvalue weighted by Crippen LogP contribution is -2.51. The van der Waals surface area contributed by atoms with Gasteiger partial charge in [0.25, 0.3) is 0 Å². The smallest absolute Gasteiger partial charge is 0.327 e. The number of thioether (sulfide) groups is 1. The quantitative estimate of drug-likeness (QED) is 0.740. The SMILES string of the molecule is CC(C)CCCNC(=O)N1C(C(=O)O)CSC1C(C)C. The van der Waals surface area contributed by atoms with Crippen molar-refractivity contribution in [1.82, 2.24) is 10.2 Å². The van der Waals surface area contributed by atoms with Crippen LogP contribution in [-0.4, -0.2) is 45.7 Å². The van der Waals surface area contributed by atoms with Gasteiger partial charge in [-0.1, -0.05) is 27.7 Å². The summed E-state index contributed by atoms with van der Waals surface area (Å²) in [4.78, 5) is 25.0. The first-order chi connectivity index (χ1) is 9.34. The number of carboxylic acids is 1. The van der Waals surface area contributed by atoms with Crippen LogP contribution in [0.3, 0.4) is 0 Å². The second kappa shape index (κ2) is 7.76. The van der Waals surface area contributed by atoms with Gasteiger partial charge in [0.1, 0.15) is 6.04 Å². The minimum absolute atomic E-state index is 0.0544. The average Bonchev–Trinajstić information content (AvgIpc) is 2.78. The van der Waals surface area contributed by atoms with Crippen molar-refractivity contribution in [2.24, 2.45) is 11.8 Å². The zero-order chi connectivity index (χ0) is 15.3. The molecule has 1 saturated heterocycles. The van der Waals surface area contributed by atoms with Crippen molar-refractivity contribution in [2.75, 3.05) is 12.3 Å². The van der Waals surface area contributed by atoms with Gasteiger partial charge in [-0.3, -0.25) is 4.90 Å². The molecule has 0 aromatic heterocycles. The van der Waals surface area contributed by atoms with Crippen LogP contribution in [0.5, 0.6) is 0 Å². The molecule has 2 N–H and O–H groups in total. The highest BCUT2D eigenvalue weighted by atomic mass is 32.2. The lowest BCUT2D eigenvalue weighted by molar-refractivity contribution is -0.141. The van der Waals surface area contributed by atoms with E-state index in [1.807, 2.05) is 13.8 Å². The molecule has 0 aliphatic carbocycles. The van der Waals surface area contributed by atoms with Crippen LogP contribution in [-0.2, 0) is 4.79 Å². The van der Waals surface area contributed by atoms with Crippen LogP contribution >= 0.6 is 11.8 Å². The number of carboxylic acid groups (broad SMARTS) is 1. The Morgan fingerprint density at radius 3 is 2.50 bits per heavy atom. The summed E-state index contributed by atoms with van der Waals surface area (Å²) >= 11 is 1.55. The first-order valence-corrected chi connectivity index (χ1v) is 8.30. The summed E-state index contributed by atoms with van der Waals surface area (Å²) in [6.45, 7) is 8.93. The average molecular weight is 302 g/mol. The zero-order valence-corrected chi connectivity index (χ0v) is 13.6. The molecular weight excluding hydrogens is 276 g/mol. The fourth-order valence-corrected chi connectivity index (χ4v) is 3.76. The van der Waals surface area contributed by atoms with Crippen molar-refractivity contribution in [1.29, 1.82) is 0 Å². The van der Waals surface area contributed by atoms with Crippen molar-refractivity contribution in [3.05, 3.63) is 0 Å². The fourth-order valence-electron chi connectivity index (χ4n) is 2.29. The van der Waals surface area contributed by atoms with Crippen molar-refractivity contribution in [3.63, 3.8) is 0 Å². The van der Waals surface area contributed by atoms with E-state index in [2.05, 4.69) is 19.2 Å². The van der Waals surface area contributed by atoms with E-state index in [0.29, 0.717) is 18.2 Å². The van der Waals surface area contributed by atoms with Gasteiger partial charge in [-0.15, -0.1) is 11.8 Å². The van der Waals surface area contributed by atoms with E-state index >= 15 is 0 Å². The highest BCUT2D eigenvalue weighted by Crippen LogP contribution is 2.33. The number of rotatable bonds is 6. The minimum atomic E-state index is -0.919. The van der Waals surface area contributed by atoms with E-state index in [0.717, 1.165) is 12.8 Å². The summed E-state index contributed by atoms with van der Waals surface area (Å²) in [6.07, 6.45) is 1.99. The number of hydrogen-bond acceptors (Lipinski definition) is 3. The first kappa shape index (κ1) is 17.1. The van der Waals surface area contributed by atoms with Crippen LogP contribution < -0.4 is 5.32 Å². The Kier molecular flexibility index (Phi) is 6.65. The molecular formula is C14H26N2O3S. The number of carbonyl (C=O) groups excluding carboxylic acids is 1. The second-order valence-corrected chi connectivity index (χ2v) is 7.15. The fraction of sp³-hybridized carbons (Fsp3) is 0.857. The van der Waals surface area contributed by atoms with Gasteiger partial charge >= 0.3 is 12.0 Å². The lowest BCUT2D eigenvalue weighted by Gasteiger charge is -2.29. The van der Waals surface area contributed by atoms with Crippen LogP contribution in [0.15, 0.2) is 0 Å². The van der Waals surface area contributed by atoms with Gasteiger partial charge in [-0.25, -0.2) is 9.59 Å². The normalized spacial score (nSPS) is 22.6. The molecule has 5 nitrogen and oxygen atoms in total. The number of carbonyl (C=O) groups is 2. The van der Waals surface area contributed by atoms with E-state index in [1.54, 1.807) is 11.8 Å². The first-order valence-electron chi connectivity index (χ1n) is 7.25. The molecule has 116 valence electrons. The third kappa shape index (κ3) is 4.58. The summed E-state index contributed by atoms with van der Waals surface area (Å²) in [5, 5.41) is 12.0. The number of nitrogens with zero attached hydrogens (tertiary/aromatic N) is 1. The molecule has 6 heteroatoms. The second-order valence-electron chi connectivity index (χ2n) is 6.00. The Hall–Kier alpha value is -0.910. The molecule has 1 aliphatic rings. The van der Waals surface area contributed by atoms with E-state index in [9.17, 15) is 14.7 Å². The molecule has 2 amide bonds. The number of hydrogen-bond donors (Lipinski definition) is 2. The van der Waals surface area contributed by atoms with Crippen LogP contribution in [0, 0.1) is 11.8 Å². The van der Waals surface area contributed by atoms with Gasteiger partial charge in [-0.2, -0.15) is 0 Å². The molecule has 0 radical (unpaired) electrons. The lowest BCUT2D eigenvalue weighted by atomic mass is 10.1. The molecule has 2 atom stereocenters. The molecule has 0 aromatic rings. The maximum atomic E-state index is 12.3. The number of aliphatic carboxylic acids is 1. The molecule has 1 rings (SSSR count). The number of amides is 2. The summed E-state index contributed by atoms with van der Waals surface area (Å²) in [5.74, 6) is 0.408. The summed E-state index contributed by atoms with van der Waals surface area (Å²) in [6, 6.07) is -0.956. The van der Waals surface area contributed by atoms with Gasteiger partial charge in [0.15, 0.2) is 0 Å². The number of urea groups is 1. The molecule has 20 heavy (non-hydrogen) atoms. The van der Waals surface area contributed by atoms with Gasteiger partial charge in [-0.05, 0) is 24.7 Å². The van der Waals surface area contributed by atoms with Gasteiger partial charge in [0.05, 0.1) is 5.37 Å². The Labute approximate surface area is 125 Å². The van der Waals surface area contributed by atoms with E-state index in [4.69, 9.17) is 0 Å².